The molecule has 0 saturated carbocycles. The van der Waals surface area contributed by atoms with Gasteiger partial charge < -0.3 is 15.2 Å². The Morgan fingerprint density at radius 3 is 2.33 bits per heavy atom. The molecular weight excluding hydrogens is 298 g/mol. The summed E-state index contributed by atoms with van der Waals surface area (Å²) in [4.78, 5) is 22.7. The molecule has 0 unspecified atom stereocenters. The van der Waals surface area contributed by atoms with E-state index < -0.39 is 39.5 Å². The molecule has 1 heterocycles. The molecule has 2 N–H and O–H groups in total. The molecule has 0 aromatic heterocycles. The number of aliphatic carboxylic acids is 1. The minimum absolute atomic E-state index is 0.0442. The van der Waals surface area contributed by atoms with Crippen molar-refractivity contribution in [2.24, 2.45) is 5.92 Å². The fourth-order valence-electron chi connectivity index (χ4n) is 2.29. The van der Waals surface area contributed by atoms with E-state index >= 15 is 0 Å². The van der Waals surface area contributed by atoms with E-state index in [1.165, 1.54) is 0 Å². The van der Waals surface area contributed by atoms with Crippen LogP contribution < -0.4 is 5.32 Å². The van der Waals surface area contributed by atoms with Crippen LogP contribution in [-0.2, 0) is 19.4 Å². The number of ether oxygens (including phenoxy) is 1. The minimum atomic E-state index is -3.18. The lowest BCUT2D eigenvalue weighted by Crippen LogP contribution is -2.43. The number of carbonyl (C=O) groups is 2. The van der Waals surface area contributed by atoms with E-state index in [4.69, 9.17) is 9.84 Å². The first-order valence-electron chi connectivity index (χ1n) is 6.90. The zero-order valence-electron chi connectivity index (χ0n) is 12.6. The number of amides is 1. The Bertz CT molecular complexity index is 493. The molecule has 1 rings (SSSR count). The lowest BCUT2D eigenvalue weighted by atomic mass is 9.92. The van der Waals surface area contributed by atoms with E-state index in [2.05, 4.69) is 5.32 Å². The van der Waals surface area contributed by atoms with Crippen LogP contribution in [-0.4, -0.2) is 48.7 Å². The topological polar surface area (TPSA) is 110 Å². The fraction of sp³-hybridized carbons (Fsp3) is 0.846. The summed E-state index contributed by atoms with van der Waals surface area (Å²) in [5.41, 5.74) is -0.664. The van der Waals surface area contributed by atoms with Crippen molar-refractivity contribution in [1.29, 1.82) is 0 Å². The number of hydrogen-bond acceptors (Lipinski definition) is 5. The van der Waals surface area contributed by atoms with E-state index in [0.29, 0.717) is 0 Å². The van der Waals surface area contributed by atoms with Gasteiger partial charge in [-0.15, -0.1) is 0 Å². The molecule has 1 saturated heterocycles. The van der Waals surface area contributed by atoms with Gasteiger partial charge in [0.2, 0.25) is 0 Å². The van der Waals surface area contributed by atoms with Gasteiger partial charge in [-0.05, 0) is 39.5 Å². The van der Waals surface area contributed by atoms with Gasteiger partial charge in [0.15, 0.2) is 0 Å². The van der Waals surface area contributed by atoms with Gasteiger partial charge in [0, 0.05) is 6.04 Å². The number of hydrogen-bond donors (Lipinski definition) is 2. The fourth-order valence-corrected chi connectivity index (χ4v) is 3.77. The number of sulfone groups is 1. The number of nitrogens with one attached hydrogen (secondary N) is 1. The highest BCUT2D eigenvalue weighted by Crippen LogP contribution is 2.23. The average Bonchev–Trinajstić information content (AvgIpc) is 2.38. The Hall–Kier alpha value is -1.31. The van der Waals surface area contributed by atoms with Crippen molar-refractivity contribution < 1.29 is 27.9 Å². The van der Waals surface area contributed by atoms with Crippen molar-refractivity contribution in [3.63, 3.8) is 0 Å². The lowest BCUT2D eigenvalue weighted by molar-refractivity contribution is -0.138. The monoisotopic (exact) mass is 321 g/mol. The Morgan fingerprint density at radius 2 is 1.81 bits per heavy atom. The molecular formula is C13H23NO6S. The summed E-state index contributed by atoms with van der Waals surface area (Å²) in [6.45, 7) is 5.16. The van der Waals surface area contributed by atoms with E-state index in [-0.39, 0.29) is 30.8 Å². The molecule has 2 atom stereocenters. The molecule has 8 heteroatoms. The van der Waals surface area contributed by atoms with Crippen molar-refractivity contribution in [1.82, 2.24) is 5.32 Å². The highest BCUT2D eigenvalue weighted by Gasteiger charge is 2.32. The Labute approximate surface area is 125 Å². The average molecular weight is 321 g/mol. The Kier molecular flexibility index (Phi) is 5.61. The lowest BCUT2D eigenvalue weighted by Gasteiger charge is -2.27. The summed E-state index contributed by atoms with van der Waals surface area (Å²) >= 11 is 0. The van der Waals surface area contributed by atoms with Crippen LogP contribution in [0.25, 0.3) is 0 Å². The van der Waals surface area contributed by atoms with Gasteiger partial charge in [-0.25, -0.2) is 13.2 Å². The highest BCUT2D eigenvalue weighted by atomic mass is 32.2. The molecule has 0 aromatic carbocycles. The molecule has 1 amide bonds. The predicted octanol–water partition coefficient (Wildman–Crippen LogP) is 1.18. The zero-order valence-corrected chi connectivity index (χ0v) is 13.4. The summed E-state index contributed by atoms with van der Waals surface area (Å²) in [5.74, 6) is -1.51. The maximum absolute atomic E-state index is 11.8. The van der Waals surface area contributed by atoms with Crippen molar-refractivity contribution in [2.75, 3.05) is 11.5 Å². The van der Waals surface area contributed by atoms with Crippen LogP contribution in [0.2, 0.25) is 0 Å². The van der Waals surface area contributed by atoms with Gasteiger partial charge in [-0.1, -0.05) is 0 Å². The molecule has 0 aliphatic carbocycles. The maximum atomic E-state index is 11.8. The molecule has 0 aromatic rings. The van der Waals surface area contributed by atoms with Crippen LogP contribution >= 0.6 is 0 Å². The van der Waals surface area contributed by atoms with Gasteiger partial charge >= 0.3 is 12.1 Å². The number of carboxylic acids is 1. The summed E-state index contributed by atoms with van der Waals surface area (Å²) < 4.78 is 28.5. The van der Waals surface area contributed by atoms with Gasteiger partial charge in [-0.2, -0.15) is 0 Å². The second kappa shape index (κ2) is 6.64. The molecule has 1 fully saturated rings. The van der Waals surface area contributed by atoms with E-state index in [1.807, 2.05) is 0 Å². The standard InChI is InChI=1S/C13H23NO6S/c1-13(2,3)20-12(17)14-10-5-7-21(18,19)6-4-9(10)8-11(15)16/h9-10H,4-8H2,1-3H3,(H,14,17)(H,15,16)/t9-,10-/m1/s1. The van der Waals surface area contributed by atoms with Gasteiger partial charge in [0.25, 0.3) is 0 Å². The smallest absolute Gasteiger partial charge is 0.407 e. The normalized spacial score (nSPS) is 25.7. The zero-order chi connectivity index (χ0) is 16.3. The second-order valence-corrected chi connectivity index (χ2v) is 8.64. The first kappa shape index (κ1) is 17.7. The van der Waals surface area contributed by atoms with E-state index in [0.717, 1.165) is 0 Å². The minimum Gasteiger partial charge on any atom is -0.481 e. The van der Waals surface area contributed by atoms with Crippen molar-refractivity contribution in [3.05, 3.63) is 0 Å². The van der Waals surface area contributed by atoms with Crippen molar-refractivity contribution >= 4 is 21.9 Å². The number of carboxylic acid groups (broad SMARTS) is 1. The van der Waals surface area contributed by atoms with Crippen LogP contribution in [0.3, 0.4) is 0 Å². The molecule has 1 aliphatic heterocycles. The summed E-state index contributed by atoms with van der Waals surface area (Å²) in [7, 11) is -3.18. The summed E-state index contributed by atoms with van der Waals surface area (Å²) in [5, 5.41) is 11.6. The van der Waals surface area contributed by atoms with Crippen LogP contribution in [0.4, 0.5) is 4.79 Å². The number of carbonyl (C=O) groups excluding carboxylic acids is 1. The third-order valence-electron chi connectivity index (χ3n) is 3.25. The molecule has 0 bridgehead atoms. The Morgan fingerprint density at radius 1 is 1.24 bits per heavy atom. The molecule has 0 radical (unpaired) electrons. The first-order chi connectivity index (χ1) is 9.48. The predicted molar refractivity (Wildman–Crippen MR) is 76.8 cm³/mol. The SMILES string of the molecule is CC(C)(C)OC(=O)N[C@@H]1CCS(=O)(=O)CC[C@@H]1CC(=O)O. The third-order valence-corrected chi connectivity index (χ3v) is 4.96. The maximum Gasteiger partial charge on any atom is 0.407 e. The van der Waals surface area contributed by atoms with Crippen LogP contribution in [0.15, 0.2) is 0 Å². The van der Waals surface area contributed by atoms with E-state index in [9.17, 15) is 18.0 Å². The van der Waals surface area contributed by atoms with Crippen molar-refractivity contribution in [2.45, 2.75) is 51.7 Å². The van der Waals surface area contributed by atoms with Gasteiger partial charge in [-0.3, -0.25) is 4.79 Å². The molecule has 0 spiro atoms. The molecule has 1 aliphatic rings. The quantitative estimate of drug-likeness (QED) is 0.807. The van der Waals surface area contributed by atoms with Crippen molar-refractivity contribution in [3.8, 4) is 0 Å². The number of rotatable bonds is 3. The Balaban J connectivity index is 2.77. The molecule has 122 valence electrons. The van der Waals surface area contributed by atoms with Crippen LogP contribution in [0, 0.1) is 5.92 Å². The number of alkyl carbamates (subject to hydrolysis) is 1. The molecule has 21 heavy (non-hydrogen) atoms. The highest BCUT2D eigenvalue weighted by molar-refractivity contribution is 7.91. The third kappa shape index (κ3) is 6.79. The summed E-state index contributed by atoms with van der Waals surface area (Å²) in [6.07, 6.45) is -0.382. The van der Waals surface area contributed by atoms with Gasteiger partial charge in [0.1, 0.15) is 15.4 Å². The van der Waals surface area contributed by atoms with Gasteiger partial charge in [0.05, 0.1) is 17.9 Å². The van der Waals surface area contributed by atoms with Crippen LogP contribution in [0.1, 0.15) is 40.0 Å². The van der Waals surface area contributed by atoms with E-state index in [1.54, 1.807) is 20.8 Å². The first-order valence-corrected chi connectivity index (χ1v) is 8.72. The summed E-state index contributed by atoms with van der Waals surface area (Å²) in [6, 6.07) is -0.506. The molecule has 7 nitrogen and oxygen atoms in total. The second-order valence-electron chi connectivity index (χ2n) is 6.34. The van der Waals surface area contributed by atoms with Crippen LogP contribution in [0.5, 0.6) is 0 Å². The largest absolute Gasteiger partial charge is 0.481 e.